The third-order valence-corrected chi connectivity index (χ3v) is 4.35. The van der Waals surface area contributed by atoms with Crippen LogP contribution in [0.5, 0.6) is 0 Å². The van der Waals surface area contributed by atoms with Crippen LogP contribution in [0.2, 0.25) is 0 Å². The summed E-state index contributed by atoms with van der Waals surface area (Å²) in [6, 6.07) is 0. The molecule has 0 unspecified atom stereocenters. The minimum absolute atomic E-state index is 0.363. The van der Waals surface area contributed by atoms with Crippen molar-refractivity contribution in [2.24, 2.45) is 28.9 Å². The number of hydrogen-bond donors (Lipinski definition) is 1. The lowest BCUT2D eigenvalue weighted by atomic mass is 9.67. The fourth-order valence-electron chi connectivity index (χ4n) is 2.73. The van der Waals surface area contributed by atoms with Crippen molar-refractivity contribution >= 4 is 0 Å². The van der Waals surface area contributed by atoms with Crippen LogP contribution in [-0.4, -0.2) is 6.54 Å². The van der Waals surface area contributed by atoms with Crippen LogP contribution in [0.15, 0.2) is 0 Å². The Kier molecular flexibility index (Phi) is 4.00. The van der Waals surface area contributed by atoms with Gasteiger partial charge in [-0.05, 0) is 55.4 Å². The molecular formula is C13H27N. The molecule has 1 nitrogen and oxygen atoms in total. The standard InChI is InChI=1S/C13H27N/c1-10(2)11-5-7-12(8-6-11)13(3,4)9-14/h10-12H,5-9,14H2,1-4H3. The normalized spacial score (nSPS) is 29.6. The molecule has 1 aliphatic rings. The zero-order valence-electron chi connectivity index (χ0n) is 10.3. The van der Waals surface area contributed by atoms with E-state index in [1.165, 1.54) is 25.7 Å². The van der Waals surface area contributed by atoms with Gasteiger partial charge in [-0.2, -0.15) is 0 Å². The monoisotopic (exact) mass is 197 g/mol. The average molecular weight is 197 g/mol. The maximum atomic E-state index is 5.83. The SMILES string of the molecule is CC(C)C1CCC(C(C)(C)CN)CC1. The van der Waals surface area contributed by atoms with Gasteiger partial charge >= 0.3 is 0 Å². The van der Waals surface area contributed by atoms with E-state index in [0.717, 1.165) is 24.3 Å². The molecule has 0 amide bonds. The smallest absolute Gasteiger partial charge is 0.00232 e. The van der Waals surface area contributed by atoms with Gasteiger partial charge in [-0.25, -0.2) is 0 Å². The van der Waals surface area contributed by atoms with Crippen molar-refractivity contribution in [3.05, 3.63) is 0 Å². The average Bonchev–Trinajstić information content (AvgIpc) is 2.18. The van der Waals surface area contributed by atoms with E-state index in [4.69, 9.17) is 5.73 Å². The highest BCUT2D eigenvalue weighted by atomic mass is 14.6. The van der Waals surface area contributed by atoms with E-state index in [9.17, 15) is 0 Å². The minimum Gasteiger partial charge on any atom is -0.330 e. The zero-order chi connectivity index (χ0) is 10.8. The predicted molar refractivity (Wildman–Crippen MR) is 63.1 cm³/mol. The summed E-state index contributed by atoms with van der Waals surface area (Å²) >= 11 is 0. The van der Waals surface area contributed by atoms with Crippen LogP contribution < -0.4 is 5.73 Å². The summed E-state index contributed by atoms with van der Waals surface area (Å²) in [6.07, 6.45) is 5.64. The third kappa shape index (κ3) is 2.73. The van der Waals surface area contributed by atoms with Crippen LogP contribution in [-0.2, 0) is 0 Å². The fraction of sp³-hybridized carbons (Fsp3) is 1.00. The Morgan fingerprint density at radius 1 is 1.14 bits per heavy atom. The maximum absolute atomic E-state index is 5.83. The lowest BCUT2D eigenvalue weighted by Gasteiger charge is -2.39. The molecule has 0 heterocycles. The van der Waals surface area contributed by atoms with E-state index in [0.29, 0.717) is 5.41 Å². The lowest BCUT2D eigenvalue weighted by Crippen LogP contribution is -2.35. The summed E-state index contributed by atoms with van der Waals surface area (Å²) in [4.78, 5) is 0. The molecular weight excluding hydrogens is 170 g/mol. The molecule has 1 aliphatic carbocycles. The Morgan fingerprint density at radius 3 is 2.00 bits per heavy atom. The summed E-state index contributed by atoms with van der Waals surface area (Å²) in [7, 11) is 0. The first-order valence-electron chi connectivity index (χ1n) is 6.17. The van der Waals surface area contributed by atoms with E-state index in [2.05, 4.69) is 27.7 Å². The second-order valence-corrected chi connectivity index (χ2v) is 6.05. The molecule has 1 fully saturated rings. The highest BCUT2D eigenvalue weighted by molar-refractivity contribution is 4.84. The van der Waals surface area contributed by atoms with Crippen LogP contribution in [0.3, 0.4) is 0 Å². The molecule has 0 bridgehead atoms. The summed E-state index contributed by atoms with van der Waals surface area (Å²) in [6.45, 7) is 10.2. The Morgan fingerprint density at radius 2 is 1.64 bits per heavy atom. The van der Waals surface area contributed by atoms with Gasteiger partial charge in [0.25, 0.3) is 0 Å². The van der Waals surface area contributed by atoms with Crippen molar-refractivity contribution in [3.8, 4) is 0 Å². The second-order valence-electron chi connectivity index (χ2n) is 6.05. The van der Waals surface area contributed by atoms with Gasteiger partial charge < -0.3 is 5.73 Å². The topological polar surface area (TPSA) is 26.0 Å². The molecule has 0 atom stereocenters. The van der Waals surface area contributed by atoms with Gasteiger partial charge in [-0.15, -0.1) is 0 Å². The van der Waals surface area contributed by atoms with Crippen molar-refractivity contribution in [1.82, 2.24) is 0 Å². The van der Waals surface area contributed by atoms with Gasteiger partial charge in [0, 0.05) is 0 Å². The van der Waals surface area contributed by atoms with E-state index in [-0.39, 0.29) is 0 Å². The highest BCUT2D eigenvalue weighted by Gasteiger charge is 2.32. The Hall–Kier alpha value is -0.0400. The molecule has 1 heteroatoms. The quantitative estimate of drug-likeness (QED) is 0.737. The van der Waals surface area contributed by atoms with Crippen LogP contribution in [0, 0.1) is 23.2 Å². The van der Waals surface area contributed by atoms with Crippen LogP contribution in [0.4, 0.5) is 0 Å². The number of rotatable bonds is 3. The molecule has 0 spiro atoms. The van der Waals surface area contributed by atoms with Gasteiger partial charge in [0.2, 0.25) is 0 Å². The lowest BCUT2D eigenvalue weighted by molar-refractivity contribution is 0.123. The molecule has 1 rings (SSSR count). The summed E-state index contributed by atoms with van der Waals surface area (Å²) in [5, 5.41) is 0. The van der Waals surface area contributed by atoms with Crippen molar-refractivity contribution in [2.75, 3.05) is 6.54 Å². The van der Waals surface area contributed by atoms with Gasteiger partial charge in [-0.1, -0.05) is 27.7 Å². The van der Waals surface area contributed by atoms with Gasteiger partial charge in [0.05, 0.1) is 0 Å². The largest absolute Gasteiger partial charge is 0.330 e. The third-order valence-electron chi connectivity index (χ3n) is 4.35. The second kappa shape index (κ2) is 4.65. The van der Waals surface area contributed by atoms with Crippen LogP contribution in [0.25, 0.3) is 0 Å². The molecule has 1 saturated carbocycles. The van der Waals surface area contributed by atoms with Crippen molar-refractivity contribution in [2.45, 2.75) is 53.4 Å². The van der Waals surface area contributed by atoms with Gasteiger partial charge in [-0.3, -0.25) is 0 Å². The predicted octanol–water partition coefficient (Wildman–Crippen LogP) is 3.43. The number of nitrogens with two attached hydrogens (primary N) is 1. The first-order valence-corrected chi connectivity index (χ1v) is 6.17. The first-order chi connectivity index (χ1) is 6.47. The molecule has 0 saturated heterocycles. The Balaban J connectivity index is 2.43. The first kappa shape index (κ1) is 12.0. The summed E-state index contributed by atoms with van der Waals surface area (Å²) < 4.78 is 0. The van der Waals surface area contributed by atoms with E-state index >= 15 is 0 Å². The maximum Gasteiger partial charge on any atom is -0.00232 e. The fourth-order valence-corrected chi connectivity index (χ4v) is 2.73. The molecule has 0 radical (unpaired) electrons. The highest BCUT2D eigenvalue weighted by Crippen LogP contribution is 2.41. The van der Waals surface area contributed by atoms with Crippen LogP contribution >= 0.6 is 0 Å². The molecule has 2 N–H and O–H groups in total. The molecule has 0 aliphatic heterocycles. The Bertz CT molecular complexity index is 164. The van der Waals surface area contributed by atoms with Crippen molar-refractivity contribution in [3.63, 3.8) is 0 Å². The van der Waals surface area contributed by atoms with E-state index in [1.54, 1.807) is 0 Å². The van der Waals surface area contributed by atoms with E-state index in [1.807, 2.05) is 0 Å². The van der Waals surface area contributed by atoms with Crippen molar-refractivity contribution in [1.29, 1.82) is 0 Å². The van der Waals surface area contributed by atoms with Crippen molar-refractivity contribution < 1.29 is 0 Å². The Labute approximate surface area is 89.5 Å². The van der Waals surface area contributed by atoms with Gasteiger partial charge in [0.1, 0.15) is 0 Å². The molecule has 14 heavy (non-hydrogen) atoms. The van der Waals surface area contributed by atoms with Crippen LogP contribution in [0.1, 0.15) is 53.4 Å². The zero-order valence-corrected chi connectivity index (χ0v) is 10.3. The molecule has 0 aromatic heterocycles. The van der Waals surface area contributed by atoms with Gasteiger partial charge in [0.15, 0.2) is 0 Å². The number of hydrogen-bond acceptors (Lipinski definition) is 1. The summed E-state index contributed by atoms with van der Waals surface area (Å²) in [5.41, 5.74) is 6.19. The molecule has 84 valence electrons. The molecule has 0 aromatic rings. The summed E-state index contributed by atoms with van der Waals surface area (Å²) in [5.74, 6) is 2.71. The minimum atomic E-state index is 0.363. The van der Waals surface area contributed by atoms with E-state index < -0.39 is 0 Å². The molecule has 0 aromatic carbocycles.